The molecular weight excluding hydrogens is 370 g/mol. The van der Waals surface area contributed by atoms with Gasteiger partial charge in [-0.05, 0) is 30.9 Å². The summed E-state index contributed by atoms with van der Waals surface area (Å²) in [5.41, 5.74) is 1.88. The number of hydrogen-bond acceptors (Lipinski definition) is 6. The van der Waals surface area contributed by atoms with E-state index < -0.39 is 4.92 Å². The molecule has 8 heteroatoms. The minimum absolute atomic E-state index is 0.0837. The number of nitrogens with zero attached hydrogens (tertiary/aromatic N) is 4. The largest absolute Gasteiger partial charge is 0.371 e. The summed E-state index contributed by atoms with van der Waals surface area (Å²) >= 11 is 0. The van der Waals surface area contributed by atoms with Crippen molar-refractivity contribution >= 4 is 23.1 Å². The van der Waals surface area contributed by atoms with Crippen LogP contribution in [0.1, 0.15) is 35.7 Å². The molecule has 1 amide bonds. The highest BCUT2D eigenvalue weighted by molar-refractivity contribution is 6.00. The van der Waals surface area contributed by atoms with Crippen molar-refractivity contribution in [2.24, 2.45) is 5.92 Å². The van der Waals surface area contributed by atoms with Gasteiger partial charge >= 0.3 is 0 Å². The molecule has 1 aromatic carbocycles. The number of nitrogens with one attached hydrogen (secondary N) is 1. The van der Waals surface area contributed by atoms with Crippen molar-refractivity contribution in [2.45, 2.75) is 26.3 Å². The van der Waals surface area contributed by atoms with E-state index in [1.165, 1.54) is 12.1 Å². The quantitative estimate of drug-likeness (QED) is 0.594. The molecule has 8 nitrogen and oxygen atoms in total. The van der Waals surface area contributed by atoms with E-state index in [-0.39, 0.29) is 11.6 Å². The monoisotopic (exact) mass is 397 g/mol. The second-order valence-electron chi connectivity index (χ2n) is 7.69. The van der Waals surface area contributed by atoms with Crippen LogP contribution in [-0.4, -0.2) is 43.0 Å². The number of amides is 1. The Balaban J connectivity index is 1.84. The van der Waals surface area contributed by atoms with Gasteiger partial charge in [0, 0.05) is 57.6 Å². The fourth-order valence-electron chi connectivity index (χ4n) is 3.59. The lowest BCUT2D eigenvalue weighted by atomic mass is 9.98. The second-order valence-corrected chi connectivity index (χ2v) is 7.69. The Morgan fingerprint density at radius 2 is 2.03 bits per heavy atom. The van der Waals surface area contributed by atoms with Gasteiger partial charge < -0.3 is 15.1 Å². The van der Waals surface area contributed by atoms with E-state index in [4.69, 9.17) is 0 Å². The zero-order chi connectivity index (χ0) is 21.0. The molecule has 0 spiro atoms. The lowest BCUT2D eigenvalue weighted by molar-refractivity contribution is -0.384. The van der Waals surface area contributed by atoms with Gasteiger partial charge in [0.15, 0.2) is 0 Å². The summed E-state index contributed by atoms with van der Waals surface area (Å²) in [5, 5.41) is 14.2. The van der Waals surface area contributed by atoms with Crippen LogP contribution in [-0.2, 0) is 6.54 Å². The number of aromatic nitrogens is 1. The molecule has 29 heavy (non-hydrogen) atoms. The number of rotatable bonds is 6. The molecule has 1 aliphatic rings. The molecule has 0 bridgehead atoms. The van der Waals surface area contributed by atoms with Gasteiger partial charge in [-0.15, -0.1) is 0 Å². The van der Waals surface area contributed by atoms with Gasteiger partial charge in [-0.1, -0.05) is 13.0 Å². The lowest BCUT2D eigenvalue weighted by Gasteiger charge is -2.33. The summed E-state index contributed by atoms with van der Waals surface area (Å²) < 4.78 is 0. The van der Waals surface area contributed by atoms with Gasteiger partial charge in [0.1, 0.15) is 5.82 Å². The number of benzene rings is 1. The maximum Gasteiger partial charge on any atom is 0.270 e. The molecule has 1 aliphatic heterocycles. The summed E-state index contributed by atoms with van der Waals surface area (Å²) in [7, 11) is 3.79. The summed E-state index contributed by atoms with van der Waals surface area (Å²) in [6.45, 7) is 4.19. The molecule has 0 aliphatic carbocycles. The molecule has 154 valence electrons. The molecule has 1 saturated heterocycles. The fourth-order valence-corrected chi connectivity index (χ4v) is 3.59. The van der Waals surface area contributed by atoms with Crippen molar-refractivity contribution in [1.29, 1.82) is 0 Å². The van der Waals surface area contributed by atoms with Crippen molar-refractivity contribution in [3.8, 4) is 0 Å². The zero-order valence-corrected chi connectivity index (χ0v) is 17.1. The first-order valence-corrected chi connectivity index (χ1v) is 9.79. The summed E-state index contributed by atoms with van der Waals surface area (Å²) in [6, 6.07) is 8.26. The van der Waals surface area contributed by atoms with Gasteiger partial charge in [-0.3, -0.25) is 14.9 Å². The number of carbonyl (C=O) groups excluding carboxylic acids is 1. The third kappa shape index (κ3) is 4.82. The number of piperidine rings is 1. The van der Waals surface area contributed by atoms with E-state index in [2.05, 4.69) is 22.1 Å². The first-order valence-electron chi connectivity index (χ1n) is 9.79. The molecule has 1 N–H and O–H groups in total. The smallest absolute Gasteiger partial charge is 0.270 e. The number of nitro benzene ring substituents is 1. The standard InChI is InChI=1S/C21H27N5O3/c1-15-8-11-25(12-9-15)19-7-6-17(26(28)29)13-18(19)21(27)23-14-16-5-4-10-22-20(16)24(2)3/h4-7,10,13,15H,8-9,11-12,14H2,1-3H3,(H,23,27). The molecule has 1 fully saturated rings. The van der Waals surface area contributed by atoms with Crippen molar-refractivity contribution in [3.63, 3.8) is 0 Å². The minimum Gasteiger partial charge on any atom is -0.371 e. The van der Waals surface area contributed by atoms with Crippen molar-refractivity contribution < 1.29 is 9.72 Å². The van der Waals surface area contributed by atoms with Gasteiger partial charge in [0.25, 0.3) is 11.6 Å². The van der Waals surface area contributed by atoms with Crippen LogP contribution in [0.25, 0.3) is 0 Å². The van der Waals surface area contributed by atoms with Crippen LogP contribution in [0.4, 0.5) is 17.2 Å². The fraction of sp³-hybridized carbons (Fsp3) is 0.429. The molecule has 0 saturated carbocycles. The van der Waals surface area contributed by atoms with Crippen LogP contribution >= 0.6 is 0 Å². The van der Waals surface area contributed by atoms with Crippen LogP contribution in [0.15, 0.2) is 36.5 Å². The Kier molecular flexibility index (Phi) is 6.31. The summed E-state index contributed by atoms with van der Waals surface area (Å²) in [6.07, 6.45) is 3.79. The Labute approximate surface area is 170 Å². The molecule has 0 atom stereocenters. The average Bonchev–Trinajstić information content (AvgIpc) is 2.72. The Morgan fingerprint density at radius 3 is 2.69 bits per heavy atom. The van der Waals surface area contributed by atoms with Crippen LogP contribution < -0.4 is 15.1 Å². The molecule has 2 heterocycles. The van der Waals surface area contributed by atoms with Crippen LogP contribution in [0.2, 0.25) is 0 Å². The van der Waals surface area contributed by atoms with E-state index in [1.807, 2.05) is 31.1 Å². The molecule has 3 rings (SSSR count). The molecule has 0 unspecified atom stereocenters. The third-order valence-electron chi connectivity index (χ3n) is 5.29. The topological polar surface area (TPSA) is 91.6 Å². The number of pyridine rings is 1. The number of non-ortho nitro benzene ring substituents is 1. The summed E-state index contributed by atoms with van der Waals surface area (Å²) in [5.74, 6) is 1.10. The number of carbonyl (C=O) groups is 1. The Hall–Kier alpha value is -3.16. The highest BCUT2D eigenvalue weighted by Crippen LogP contribution is 2.29. The van der Waals surface area contributed by atoms with Crippen molar-refractivity contribution in [3.05, 3.63) is 57.8 Å². The molecule has 0 radical (unpaired) electrons. The predicted molar refractivity (Wildman–Crippen MR) is 113 cm³/mol. The zero-order valence-electron chi connectivity index (χ0n) is 17.1. The first-order chi connectivity index (χ1) is 13.9. The van der Waals surface area contributed by atoms with Gasteiger partial charge in [-0.25, -0.2) is 4.98 Å². The maximum atomic E-state index is 13.0. The number of hydrogen-bond donors (Lipinski definition) is 1. The van der Waals surface area contributed by atoms with E-state index in [0.29, 0.717) is 18.0 Å². The van der Waals surface area contributed by atoms with Crippen LogP contribution in [0.5, 0.6) is 0 Å². The molecule has 1 aromatic heterocycles. The summed E-state index contributed by atoms with van der Waals surface area (Å²) in [4.78, 5) is 32.2. The average molecular weight is 397 g/mol. The third-order valence-corrected chi connectivity index (χ3v) is 5.29. The van der Waals surface area contributed by atoms with Gasteiger partial charge in [0.2, 0.25) is 0 Å². The molecular formula is C21H27N5O3. The Morgan fingerprint density at radius 1 is 1.31 bits per heavy atom. The minimum atomic E-state index is -0.468. The van der Waals surface area contributed by atoms with E-state index >= 15 is 0 Å². The van der Waals surface area contributed by atoms with E-state index in [9.17, 15) is 14.9 Å². The molecule has 2 aromatic rings. The maximum absolute atomic E-state index is 13.0. The Bertz CT molecular complexity index is 892. The van der Waals surface area contributed by atoms with Crippen molar-refractivity contribution in [2.75, 3.05) is 37.0 Å². The SMILES string of the molecule is CC1CCN(c2ccc([N+](=O)[O-])cc2C(=O)NCc2cccnc2N(C)C)CC1. The van der Waals surface area contributed by atoms with Gasteiger partial charge in [-0.2, -0.15) is 0 Å². The predicted octanol–water partition coefficient (Wildman–Crippen LogP) is 3.22. The highest BCUT2D eigenvalue weighted by atomic mass is 16.6. The van der Waals surface area contributed by atoms with Crippen LogP contribution in [0.3, 0.4) is 0 Å². The van der Waals surface area contributed by atoms with Crippen molar-refractivity contribution in [1.82, 2.24) is 10.3 Å². The number of nitro groups is 1. The van der Waals surface area contributed by atoms with Gasteiger partial charge in [0.05, 0.1) is 16.2 Å². The number of anilines is 2. The normalized spacial score (nSPS) is 14.5. The van der Waals surface area contributed by atoms with E-state index in [1.54, 1.807) is 12.3 Å². The second kappa shape index (κ2) is 8.89. The lowest BCUT2D eigenvalue weighted by Crippen LogP contribution is -2.35. The van der Waals surface area contributed by atoms with Crippen LogP contribution in [0, 0.1) is 16.0 Å². The first kappa shape index (κ1) is 20.6. The van der Waals surface area contributed by atoms with E-state index in [0.717, 1.165) is 43.0 Å². The highest BCUT2D eigenvalue weighted by Gasteiger charge is 2.23.